The van der Waals surface area contributed by atoms with Gasteiger partial charge in [-0.3, -0.25) is 4.90 Å². The van der Waals surface area contributed by atoms with Gasteiger partial charge in [0, 0.05) is 24.8 Å². The summed E-state index contributed by atoms with van der Waals surface area (Å²) in [6, 6.07) is 8.47. The number of rotatable bonds is 9. The lowest BCUT2D eigenvalue weighted by molar-refractivity contribution is 0.0931. The van der Waals surface area contributed by atoms with Gasteiger partial charge in [-0.1, -0.05) is 43.2 Å². The van der Waals surface area contributed by atoms with Crippen molar-refractivity contribution in [2.45, 2.75) is 88.1 Å². The summed E-state index contributed by atoms with van der Waals surface area (Å²) >= 11 is 1.94. The van der Waals surface area contributed by atoms with E-state index >= 15 is 0 Å². The van der Waals surface area contributed by atoms with Crippen molar-refractivity contribution in [3.05, 3.63) is 35.7 Å². The van der Waals surface area contributed by atoms with Gasteiger partial charge in [-0.2, -0.15) is 0 Å². The second-order valence-corrected chi connectivity index (χ2v) is 11.3. The molecule has 0 radical (unpaired) electrons. The highest BCUT2D eigenvalue weighted by Gasteiger charge is 2.29. The number of aromatic nitrogens is 3. The lowest BCUT2D eigenvalue weighted by Gasteiger charge is -2.32. The molecule has 0 bridgehead atoms. The van der Waals surface area contributed by atoms with E-state index in [2.05, 4.69) is 33.7 Å². The van der Waals surface area contributed by atoms with Gasteiger partial charge in [0.1, 0.15) is 11.6 Å². The smallest absolute Gasteiger partial charge is 0.191 e. The summed E-state index contributed by atoms with van der Waals surface area (Å²) in [4.78, 5) is 2.57. The Hall–Kier alpha value is -1.57. The third kappa shape index (κ3) is 6.16. The number of piperidine rings is 1. The number of ether oxygens (including phenoxy) is 2. The highest BCUT2D eigenvalue weighted by atomic mass is 32.2. The molecule has 0 spiro atoms. The lowest BCUT2D eigenvalue weighted by Crippen LogP contribution is -2.33. The van der Waals surface area contributed by atoms with Crippen LogP contribution in [0.5, 0.6) is 5.75 Å². The normalized spacial score (nSPS) is 22.9. The molecule has 1 aromatic carbocycles. The third-order valence-electron chi connectivity index (χ3n) is 7.85. The summed E-state index contributed by atoms with van der Waals surface area (Å²) in [5.41, 5.74) is 1.35. The van der Waals surface area contributed by atoms with Gasteiger partial charge >= 0.3 is 0 Å². The van der Waals surface area contributed by atoms with E-state index < -0.39 is 0 Å². The zero-order valence-electron chi connectivity index (χ0n) is 20.7. The number of hydrogen-bond donors (Lipinski definition) is 0. The molecule has 186 valence electrons. The second kappa shape index (κ2) is 11.9. The fourth-order valence-corrected chi connectivity index (χ4v) is 6.90. The van der Waals surface area contributed by atoms with Crippen molar-refractivity contribution in [1.29, 1.82) is 0 Å². The van der Waals surface area contributed by atoms with Crippen LogP contribution in [0.2, 0.25) is 0 Å². The molecule has 0 amide bonds. The molecule has 0 N–H and O–H groups in total. The third-order valence-corrected chi connectivity index (χ3v) is 9.04. The predicted octanol–water partition coefficient (Wildman–Crippen LogP) is 5.52. The van der Waals surface area contributed by atoms with E-state index in [1.54, 1.807) is 7.11 Å². The molecule has 1 unspecified atom stereocenters. The molecule has 7 heteroatoms. The van der Waals surface area contributed by atoms with E-state index in [4.69, 9.17) is 19.7 Å². The average Bonchev–Trinajstić information content (AvgIpc) is 3.55. The Morgan fingerprint density at radius 3 is 2.47 bits per heavy atom. The Bertz CT molecular complexity index is 883. The molecule has 2 aromatic rings. The molecule has 1 atom stereocenters. The zero-order chi connectivity index (χ0) is 23.2. The van der Waals surface area contributed by atoms with Crippen LogP contribution in [0.15, 0.2) is 29.4 Å². The molecule has 3 aliphatic rings. The minimum absolute atomic E-state index is 0.318. The first kappa shape index (κ1) is 24.1. The molecule has 3 heterocycles. The Morgan fingerprint density at radius 1 is 0.971 bits per heavy atom. The molecule has 3 fully saturated rings. The quantitative estimate of drug-likeness (QED) is 0.437. The van der Waals surface area contributed by atoms with Crippen LogP contribution in [-0.2, 0) is 17.8 Å². The summed E-state index contributed by atoms with van der Waals surface area (Å²) in [5.74, 6) is 4.64. The molecule has 5 rings (SSSR count). The number of likely N-dealkylation sites (tertiary alicyclic amines) is 1. The molecule has 1 aromatic heterocycles. The van der Waals surface area contributed by atoms with Crippen molar-refractivity contribution < 1.29 is 9.47 Å². The van der Waals surface area contributed by atoms with Crippen molar-refractivity contribution in [2.75, 3.05) is 32.6 Å². The summed E-state index contributed by atoms with van der Waals surface area (Å²) in [6.45, 7) is 5.03. The monoisotopic (exact) mass is 484 g/mol. The Balaban J connectivity index is 1.21. The van der Waals surface area contributed by atoms with Crippen LogP contribution in [0.3, 0.4) is 0 Å². The molecule has 6 nitrogen and oxygen atoms in total. The van der Waals surface area contributed by atoms with Gasteiger partial charge in [-0.15, -0.1) is 10.2 Å². The molecular formula is C27H40N4O2S. The van der Waals surface area contributed by atoms with Crippen LogP contribution in [0.25, 0.3) is 0 Å². The van der Waals surface area contributed by atoms with Crippen molar-refractivity contribution in [2.24, 2.45) is 5.92 Å². The number of thioether (sulfide) groups is 1. The van der Waals surface area contributed by atoms with Gasteiger partial charge in [-0.05, 0) is 75.2 Å². The molecule has 2 aliphatic heterocycles. The van der Waals surface area contributed by atoms with Crippen LogP contribution < -0.4 is 4.74 Å². The average molecular weight is 485 g/mol. The zero-order valence-corrected chi connectivity index (χ0v) is 21.5. The van der Waals surface area contributed by atoms with E-state index in [9.17, 15) is 0 Å². The highest BCUT2D eigenvalue weighted by Crippen LogP contribution is 2.34. The van der Waals surface area contributed by atoms with Gasteiger partial charge in [0.2, 0.25) is 0 Å². The second-order valence-electron chi connectivity index (χ2n) is 10.3. The molecule has 1 saturated carbocycles. The Labute approximate surface area is 208 Å². The van der Waals surface area contributed by atoms with Crippen molar-refractivity contribution in [1.82, 2.24) is 19.7 Å². The van der Waals surface area contributed by atoms with E-state index in [0.717, 1.165) is 68.9 Å². The van der Waals surface area contributed by atoms with Crippen LogP contribution in [-0.4, -0.2) is 58.3 Å². The van der Waals surface area contributed by atoms with Gasteiger partial charge in [0.05, 0.1) is 19.8 Å². The number of benzene rings is 1. The number of nitrogens with zero attached hydrogens (tertiary/aromatic N) is 4. The first-order chi connectivity index (χ1) is 16.8. The topological polar surface area (TPSA) is 52.4 Å². The van der Waals surface area contributed by atoms with Crippen LogP contribution in [0.4, 0.5) is 0 Å². The summed E-state index contributed by atoms with van der Waals surface area (Å²) in [6.07, 6.45) is 11.9. The van der Waals surface area contributed by atoms with E-state index in [1.807, 2.05) is 11.8 Å². The highest BCUT2D eigenvalue weighted by molar-refractivity contribution is 7.99. The maximum Gasteiger partial charge on any atom is 0.191 e. The first-order valence-electron chi connectivity index (χ1n) is 13.3. The van der Waals surface area contributed by atoms with Gasteiger partial charge in [0.15, 0.2) is 5.16 Å². The molecular weight excluding hydrogens is 444 g/mol. The predicted molar refractivity (Wildman–Crippen MR) is 137 cm³/mol. The van der Waals surface area contributed by atoms with Crippen LogP contribution in [0.1, 0.15) is 75.1 Å². The summed E-state index contributed by atoms with van der Waals surface area (Å²) < 4.78 is 13.7. The van der Waals surface area contributed by atoms with Crippen molar-refractivity contribution in [3.8, 4) is 5.75 Å². The molecule has 2 saturated heterocycles. The SMILES string of the molecule is COc1ccc(CN2CCC(c3nnc(SCC4CCCCC4)n3CC3CCCO3)CC2)cc1. The maximum absolute atomic E-state index is 6.02. The van der Waals surface area contributed by atoms with E-state index in [1.165, 1.54) is 55.7 Å². The van der Waals surface area contributed by atoms with E-state index in [-0.39, 0.29) is 0 Å². The molecule has 34 heavy (non-hydrogen) atoms. The van der Waals surface area contributed by atoms with Crippen molar-refractivity contribution >= 4 is 11.8 Å². The number of methoxy groups -OCH3 is 1. The minimum atomic E-state index is 0.318. The van der Waals surface area contributed by atoms with Gasteiger partial charge in [-0.25, -0.2) is 0 Å². The summed E-state index contributed by atoms with van der Waals surface area (Å²) in [5, 5.41) is 10.6. The Morgan fingerprint density at radius 2 is 1.76 bits per heavy atom. The minimum Gasteiger partial charge on any atom is -0.497 e. The lowest BCUT2D eigenvalue weighted by atomic mass is 9.91. The standard InChI is InChI=1S/C27H40N4O2S/c1-32-24-11-9-21(10-12-24)18-30-15-13-23(14-16-30)26-28-29-27(31(26)19-25-8-5-17-33-25)34-20-22-6-3-2-4-7-22/h9-12,22-23,25H,2-8,13-20H2,1H3. The largest absolute Gasteiger partial charge is 0.497 e. The van der Waals surface area contributed by atoms with Crippen molar-refractivity contribution in [3.63, 3.8) is 0 Å². The number of hydrogen-bond acceptors (Lipinski definition) is 6. The fourth-order valence-electron chi connectivity index (χ4n) is 5.76. The molecule has 1 aliphatic carbocycles. The fraction of sp³-hybridized carbons (Fsp3) is 0.704. The Kier molecular flexibility index (Phi) is 8.46. The first-order valence-corrected chi connectivity index (χ1v) is 14.3. The van der Waals surface area contributed by atoms with E-state index in [0.29, 0.717) is 12.0 Å². The van der Waals surface area contributed by atoms with Crippen LogP contribution >= 0.6 is 11.8 Å². The summed E-state index contributed by atoms with van der Waals surface area (Å²) in [7, 11) is 1.72. The van der Waals surface area contributed by atoms with Crippen LogP contribution in [0, 0.1) is 5.92 Å². The van der Waals surface area contributed by atoms with Gasteiger partial charge < -0.3 is 14.0 Å². The maximum atomic E-state index is 6.02. The van der Waals surface area contributed by atoms with Gasteiger partial charge in [0.25, 0.3) is 0 Å².